The molecule has 1 N–H and O–H groups in total. The molecule has 1 saturated heterocycles. The van der Waals surface area contributed by atoms with Crippen LogP contribution in [0, 0.1) is 6.92 Å². The van der Waals surface area contributed by atoms with Crippen molar-refractivity contribution < 1.29 is 4.79 Å². The molecule has 0 atom stereocenters. The van der Waals surface area contributed by atoms with Crippen LogP contribution in [0.5, 0.6) is 0 Å². The average Bonchev–Trinajstić information content (AvgIpc) is 2.63. The van der Waals surface area contributed by atoms with Crippen molar-refractivity contribution >= 4 is 17.5 Å². The molecule has 0 spiro atoms. The first-order valence-electron chi connectivity index (χ1n) is 8.45. The maximum atomic E-state index is 11.8. The minimum absolute atomic E-state index is 0.237. The molecule has 24 heavy (non-hydrogen) atoms. The summed E-state index contributed by atoms with van der Waals surface area (Å²) in [6.45, 7) is 5.52. The van der Waals surface area contributed by atoms with Crippen LogP contribution in [0.3, 0.4) is 0 Å². The van der Waals surface area contributed by atoms with Crippen molar-refractivity contribution in [3.8, 4) is 0 Å². The van der Waals surface area contributed by atoms with Crippen molar-refractivity contribution in [2.75, 3.05) is 18.4 Å². The Bertz CT molecular complexity index is 710. The van der Waals surface area contributed by atoms with E-state index in [1.165, 1.54) is 0 Å². The van der Waals surface area contributed by atoms with Crippen molar-refractivity contribution in [3.05, 3.63) is 42.0 Å². The zero-order valence-corrected chi connectivity index (χ0v) is 14.2. The molecule has 126 valence electrons. The molecule has 3 rings (SSSR count). The van der Waals surface area contributed by atoms with Crippen LogP contribution in [-0.4, -0.2) is 38.8 Å². The largest absolute Gasteiger partial charge is 0.343 e. The quantitative estimate of drug-likeness (QED) is 0.935. The van der Waals surface area contributed by atoms with Gasteiger partial charge in [0, 0.05) is 37.8 Å². The highest BCUT2D eigenvalue weighted by molar-refractivity contribution is 5.75. The molecular weight excluding hydrogens is 302 g/mol. The SMILES string of the molecule is CCC(=O)N1CCC(c2cncc(Nc3ncccc3C)n2)CC1. The number of hydrogen-bond donors (Lipinski definition) is 1. The van der Waals surface area contributed by atoms with Crippen LogP contribution >= 0.6 is 0 Å². The Morgan fingerprint density at radius 1 is 1.33 bits per heavy atom. The number of anilines is 2. The molecule has 1 aliphatic heterocycles. The Hall–Kier alpha value is -2.50. The van der Waals surface area contributed by atoms with Crippen molar-refractivity contribution in [1.82, 2.24) is 19.9 Å². The van der Waals surface area contributed by atoms with Crippen LogP contribution in [-0.2, 0) is 4.79 Å². The smallest absolute Gasteiger partial charge is 0.222 e. The summed E-state index contributed by atoms with van der Waals surface area (Å²) in [6, 6.07) is 3.92. The van der Waals surface area contributed by atoms with E-state index in [2.05, 4.69) is 15.3 Å². The number of amides is 1. The predicted octanol–water partition coefficient (Wildman–Crippen LogP) is 3.04. The molecule has 1 amide bonds. The van der Waals surface area contributed by atoms with Crippen molar-refractivity contribution in [3.63, 3.8) is 0 Å². The number of rotatable bonds is 4. The van der Waals surface area contributed by atoms with Gasteiger partial charge in [-0.25, -0.2) is 9.97 Å². The summed E-state index contributed by atoms with van der Waals surface area (Å²) in [6.07, 6.45) is 7.76. The molecule has 2 aromatic rings. The molecule has 6 heteroatoms. The fraction of sp³-hybridized carbons (Fsp3) is 0.444. The van der Waals surface area contributed by atoms with Gasteiger partial charge < -0.3 is 10.2 Å². The van der Waals surface area contributed by atoms with E-state index in [0.717, 1.165) is 43.0 Å². The summed E-state index contributed by atoms with van der Waals surface area (Å²) in [7, 11) is 0. The highest BCUT2D eigenvalue weighted by atomic mass is 16.2. The van der Waals surface area contributed by atoms with E-state index in [4.69, 9.17) is 4.98 Å². The number of carbonyl (C=O) groups is 1. The summed E-state index contributed by atoms with van der Waals surface area (Å²) in [4.78, 5) is 27.1. The standard InChI is InChI=1S/C18H23N5O/c1-3-17(24)23-9-6-14(7-10-23)15-11-19-12-16(21-15)22-18-13(2)5-4-8-20-18/h4-5,8,11-12,14H,3,6-7,9-10H2,1-2H3,(H,20,21,22). The number of likely N-dealkylation sites (tertiary alicyclic amines) is 1. The number of aromatic nitrogens is 3. The summed E-state index contributed by atoms with van der Waals surface area (Å²) in [5.41, 5.74) is 2.05. The normalized spacial score (nSPS) is 15.3. The van der Waals surface area contributed by atoms with Gasteiger partial charge in [-0.1, -0.05) is 13.0 Å². The lowest BCUT2D eigenvalue weighted by atomic mass is 9.93. The lowest BCUT2D eigenvalue weighted by Crippen LogP contribution is -2.37. The topological polar surface area (TPSA) is 71.0 Å². The molecule has 3 heterocycles. The van der Waals surface area contributed by atoms with Gasteiger partial charge in [0.1, 0.15) is 11.6 Å². The number of nitrogens with zero attached hydrogens (tertiary/aromatic N) is 4. The van der Waals surface area contributed by atoms with Gasteiger partial charge in [-0.2, -0.15) is 0 Å². The van der Waals surface area contributed by atoms with E-state index in [1.54, 1.807) is 12.4 Å². The van der Waals surface area contributed by atoms with Gasteiger partial charge in [-0.3, -0.25) is 9.78 Å². The van der Waals surface area contributed by atoms with Crippen LogP contribution in [0.2, 0.25) is 0 Å². The van der Waals surface area contributed by atoms with Gasteiger partial charge in [-0.15, -0.1) is 0 Å². The molecule has 1 aliphatic rings. The van der Waals surface area contributed by atoms with Gasteiger partial charge in [0.25, 0.3) is 0 Å². The molecule has 6 nitrogen and oxygen atoms in total. The van der Waals surface area contributed by atoms with Crippen LogP contribution < -0.4 is 5.32 Å². The molecule has 0 unspecified atom stereocenters. The molecular formula is C18H23N5O. The van der Waals surface area contributed by atoms with E-state index < -0.39 is 0 Å². The third kappa shape index (κ3) is 3.69. The molecule has 0 radical (unpaired) electrons. The first-order chi connectivity index (χ1) is 11.7. The second-order valence-electron chi connectivity index (χ2n) is 6.13. The Morgan fingerprint density at radius 3 is 2.83 bits per heavy atom. The Kier molecular flexibility index (Phi) is 5.03. The van der Waals surface area contributed by atoms with E-state index >= 15 is 0 Å². The first kappa shape index (κ1) is 16.4. The molecule has 1 fully saturated rings. The maximum Gasteiger partial charge on any atom is 0.222 e. The highest BCUT2D eigenvalue weighted by Gasteiger charge is 2.24. The molecule has 0 aliphatic carbocycles. The third-order valence-corrected chi connectivity index (χ3v) is 4.48. The van der Waals surface area contributed by atoms with Crippen LogP contribution in [0.1, 0.15) is 43.4 Å². The van der Waals surface area contributed by atoms with Gasteiger partial charge in [0.05, 0.1) is 11.9 Å². The van der Waals surface area contributed by atoms with Gasteiger partial charge >= 0.3 is 0 Å². The van der Waals surface area contributed by atoms with Gasteiger partial charge in [0.15, 0.2) is 0 Å². The number of piperidine rings is 1. The average molecular weight is 325 g/mol. The zero-order chi connectivity index (χ0) is 16.9. The fourth-order valence-corrected chi connectivity index (χ4v) is 3.02. The van der Waals surface area contributed by atoms with E-state index in [-0.39, 0.29) is 5.91 Å². The van der Waals surface area contributed by atoms with Crippen molar-refractivity contribution in [2.24, 2.45) is 0 Å². The minimum atomic E-state index is 0.237. The van der Waals surface area contributed by atoms with Crippen molar-refractivity contribution in [2.45, 2.75) is 39.0 Å². The fourth-order valence-electron chi connectivity index (χ4n) is 3.02. The molecule has 0 aromatic carbocycles. The summed E-state index contributed by atoms with van der Waals surface area (Å²) >= 11 is 0. The first-order valence-corrected chi connectivity index (χ1v) is 8.45. The lowest BCUT2D eigenvalue weighted by molar-refractivity contribution is -0.131. The number of hydrogen-bond acceptors (Lipinski definition) is 5. The summed E-state index contributed by atoms with van der Waals surface area (Å²) in [5.74, 6) is 2.10. The van der Waals surface area contributed by atoms with E-state index in [9.17, 15) is 4.79 Å². The highest BCUT2D eigenvalue weighted by Crippen LogP contribution is 2.27. The van der Waals surface area contributed by atoms with Crippen LogP contribution in [0.4, 0.5) is 11.6 Å². The van der Waals surface area contributed by atoms with Crippen LogP contribution in [0.25, 0.3) is 0 Å². The number of carbonyl (C=O) groups excluding carboxylic acids is 1. The van der Waals surface area contributed by atoms with E-state index in [0.29, 0.717) is 18.2 Å². The molecule has 0 bridgehead atoms. The number of nitrogens with one attached hydrogen (secondary N) is 1. The Morgan fingerprint density at radius 2 is 2.12 bits per heavy atom. The Balaban J connectivity index is 1.68. The van der Waals surface area contributed by atoms with Crippen molar-refractivity contribution in [1.29, 1.82) is 0 Å². The second-order valence-corrected chi connectivity index (χ2v) is 6.13. The van der Waals surface area contributed by atoms with Gasteiger partial charge in [0.2, 0.25) is 5.91 Å². The molecule has 0 saturated carbocycles. The summed E-state index contributed by atoms with van der Waals surface area (Å²) < 4.78 is 0. The van der Waals surface area contributed by atoms with E-state index in [1.807, 2.05) is 37.1 Å². The third-order valence-electron chi connectivity index (χ3n) is 4.48. The second kappa shape index (κ2) is 7.38. The minimum Gasteiger partial charge on any atom is -0.343 e. The summed E-state index contributed by atoms with van der Waals surface area (Å²) in [5, 5.41) is 3.24. The maximum absolute atomic E-state index is 11.8. The molecule has 2 aromatic heterocycles. The predicted molar refractivity (Wildman–Crippen MR) is 93.1 cm³/mol. The number of pyridine rings is 1. The zero-order valence-electron chi connectivity index (χ0n) is 14.2. The van der Waals surface area contributed by atoms with Gasteiger partial charge in [-0.05, 0) is 31.4 Å². The number of aryl methyl sites for hydroxylation is 1. The van der Waals surface area contributed by atoms with Crippen LogP contribution in [0.15, 0.2) is 30.7 Å². The lowest BCUT2D eigenvalue weighted by Gasteiger charge is -2.31. The Labute approximate surface area is 142 Å². The monoisotopic (exact) mass is 325 g/mol.